The van der Waals surface area contributed by atoms with Crippen LogP contribution >= 0.6 is 0 Å². The fourth-order valence-electron chi connectivity index (χ4n) is 1.62. The number of rotatable bonds is 3. The van der Waals surface area contributed by atoms with Crippen molar-refractivity contribution in [1.82, 2.24) is 10.5 Å². The molecule has 96 valence electrons. The number of nitrogens with one attached hydrogen (secondary N) is 1. The standard InChI is InChI=1S/C12H13FN2O3/c13-9-5-7-11(8-6-9)18-14-12(16)15(17)10-3-1-2-4-10/h1,3,5-8,10,17H,2,4H2,(H,14,16). The summed E-state index contributed by atoms with van der Waals surface area (Å²) in [6.07, 6.45) is 5.15. The predicted octanol–water partition coefficient (Wildman–Crippen LogP) is 2.24. The highest BCUT2D eigenvalue weighted by Gasteiger charge is 2.22. The summed E-state index contributed by atoms with van der Waals surface area (Å²) in [4.78, 5) is 16.4. The zero-order valence-electron chi connectivity index (χ0n) is 9.54. The Morgan fingerprint density at radius 2 is 2.17 bits per heavy atom. The molecular weight excluding hydrogens is 239 g/mol. The zero-order valence-corrected chi connectivity index (χ0v) is 9.54. The van der Waals surface area contributed by atoms with Crippen molar-refractivity contribution in [3.8, 4) is 5.75 Å². The van der Waals surface area contributed by atoms with Crippen molar-refractivity contribution in [1.29, 1.82) is 0 Å². The van der Waals surface area contributed by atoms with Crippen LogP contribution < -0.4 is 10.3 Å². The third-order valence-electron chi connectivity index (χ3n) is 2.58. The van der Waals surface area contributed by atoms with Crippen LogP contribution in [-0.4, -0.2) is 22.3 Å². The van der Waals surface area contributed by atoms with E-state index in [1.54, 1.807) is 6.08 Å². The van der Waals surface area contributed by atoms with E-state index in [0.29, 0.717) is 11.5 Å². The minimum atomic E-state index is -0.768. The van der Waals surface area contributed by atoms with Crippen LogP contribution in [0.1, 0.15) is 12.8 Å². The molecule has 5 nitrogen and oxygen atoms in total. The van der Waals surface area contributed by atoms with Crippen molar-refractivity contribution in [3.05, 3.63) is 42.2 Å². The van der Waals surface area contributed by atoms with Gasteiger partial charge in [-0.15, -0.1) is 0 Å². The average Bonchev–Trinajstić information content (AvgIpc) is 2.90. The van der Waals surface area contributed by atoms with Gasteiger partial charge in [-0.05, 0) is 37.1 Å². The molecule has 0 saturated carbocycles. The maximum absolute atomic E-state index is 12.6. The van der Waals surface area contributed by atoms with Crippen LogP contribution in [0.5, 0.6) is 5.75 Å². The highest BCUT2D eigenvalue weighted by molar-refractivity contribution is 5.72. The van der Waals surface area contributed by atoms with Crippen molar-refractivity contribution in [3.63, 3.8) is 0 Å². The van der Waals surface area contributed by atoms with Crippen LogP contribution in [0.2, 0.25) is 0 Å². The molecule has 1 aromatic rings. The number of hydroxylamine groups is 3. The van der Waals surface area contributed by atoms with E-state index in [1.807, 2.05) is 6.08 Å². The van der Waals surface area contributed by atoms with E-state index >= 15 is 0 Å². The number of hydrogen-bond donors (Lipinski definition) is 2. The van der Waals surface area contributed by atoms with E-state index in [4.69, 9.17) is 4.84 Å². The number of amides is 2. The molecule has 1 aliphatic carbocycles. The van der Waals surface area contributed by atoms with Gasteiger partial charge in [-0.1, -0.05) is 12.2 Å². The molecule has 0 saturated heterocycles. The van der Waals surface area contributed by atoms with Crippen molar-refractivity contribution in [2.45, 2.75) is 18.9 Å². The Hall–Kier alpha value is -2.08. The fraction of sp³-hybridized carbons (Fsp3) is 0.250. The molecule has 1 unspecified atom stereocenters. The number of carbonyl (C=O) groups excluding carboxylic acids is 1. The van der Waals surface area contributed by atoms with E-state index in [2.05, 4.69) is 5.48 Å². The number of allylic oxidation sites excluding steroid dienone is 1. The SMILES string of the molecule is O=C(NOc1ccc(F)cc1)N(O)C1C=CCC1. The Bertz CT molecular complexity index is 447. The first-order chi connectivity index (χ1) is 8.66. The molecule has 0 spiro atoms. The summed E-state index contributed by atoms with van der Waals surface area (Å²) in [5.74, 6) is -0.117. The number of halogens is 1. The Labute approximate surface area is 103 Å². The summed E-state index contributed by atoms with van der Waals surface area (Å²) in [5, 5.41) is 10.1. The summed E-state index contributed by atoms with van der Waals surface area (Å²) < 4.78 is 12.6. The Kier molecular flexibility index (Phi) is 3.78. The van der Waals surface area contributed by atoms with Gasteiger partial charge in [0.1, 0.15) is 5.82 Å². The maximum Gasteiger partial charge on any atom is 0.374 e. The van der Waals surface area contributed by atoms with Crippen LogP contribution in [0.4, 0.5) is 9.18 Å². The van der Waals surface area contributed by atoms with Gasteiger partial charge in [0.25, 0.3) is 0 Å². The summed E-state index contributed by atoms with van der Waals surface area (Å²) in [6.45, 7) is 0. The van der Waals surface area contributed by atoms with Gasteiger partial charge in [0.15, 0.2) is 5.75 Å². The molecule has 18 heavy (non-hydrogen) atoms. The quantitative estimate of drug-likeness (QED) is 0.492. The molecule has 6 heteroatoms. The molecule has 2 amide bonds. The lowest BCUT2D eigenvalue weighted by atomic mass is 10.2. The molecular formula is C12H13FN2O3. The second-order valence-electron chi connectivity index (χ2n) is 3.88. The lowest BCUT2D eigenvalue weighted by Crippen LogP contribution is -2.43. The van der Waals surface area contributed by atoms with Gasteiger partial charge in [0.05, 0.1) is 6.04 Å². The monoisotopic (exact) mass is 252 g/mol. The van der Waals surface area contributed by atoms with Crippen molar-refractivity contribution in [2.75, 3.05) is 0 Å². The minimum Gasteiger partial charge on any atom is -0.378 e. The molecule has 0 heterocycles. The number of urea groups is 1. The molecule has 2 N–H and O–H groups in total. The summed E-state index contributed by atoms with van der Waals surface area (Å²) >= 11 is 0. The van der Waals surface area contributed by atoms with Crippen LogP contribution in [0, 0.1) is 5.82 Å². The molecule has 1 aliphatic rings. The van der Waals surface area contributed by atoms with Gasteiger partial charge in [-0.25, -0.2) is 9.18 Å². The first-order valence-corrected chi connectivity index (χ1v) is 5.54. The fourth-order valence-corrected chi connectivity index (χ4v) is 1.62. The van der Waals surface area contributed by atoms with Crippen molar-refractivity contribution >= 4 is 6.03 Å². The molecule has 0 fully saturated rings. The van der Waals surface area contributed by atoms with E-state index in [-0.39, 0.29) is 11.8 Å². The van der Waals surface area contributed by atoms with Gasteiger partial charge < -0.3 is 4.84 Å². The zero-order chi connectivity index (χ0) is 13.0. The topological polar surface area (TPSA) is 61.8 Å². The third-order valence-corrected chi connectivity index (χ3v) is 2.58. The summed E-state index contributed by atoms with van der Waals surface area (Å²) in [7, 11) is 0. The largest absolute Gasteiger partial charge is 0.378 e. The molecule has 0 aromatic heterocycles. The lowest BCUT2D eigenvalue weighted by Gasteiger charge is -2.20. The maximum atomic E-state index is 12.6. The van der Waals surface area contributed by atoms with Crippen LogP contribution in [0.25, 0.3) is 0 Å². The smallest absolute Gasteiger partial charge is 0.374 e. The second-order valence-corrected chi connectivity index (χ2v) is 3.88. The molecule has 1 aromatic carbocycles. The Balaban J connectivity index is 1.84. The Morgan fingerprint density at radius 1 is 1.44 bits per heavy atom. The van der Waals surface area contributed by atoms with Crippen LogP contribution in [-0.2, 0) is 0 Å². The number of nitrogens with zero attached hydrogens (tertiary/aromatic N) is 1. The summed E-state index contributed by atoms with van der Waals surface area (Å²) in [6, 6.07) is 4.05. The average molecular weight is 252 g/mol. The van der Waals surface area contributed by atoms with E-state index in [9.17, 15) is 14.4 Å². The molecule has 2 rings (SSSR count). The van der Waals surface area contributed by atoms with Gasteiger partial charge in [0.2, 0.25) is 0 Å². The second kappa shape index (κ2) is 5.50. The first kappa shape index (κ1) is 12.4. The van der Waals surface area contributed by atoms with Gasteiger partial charge in [-0.3, -0.25) is 5.21 Å². The van der Waals surface area contributed by atoms with Crippen molar-refractivity contribution < 1.29 is 19.2 Å². The number of benzene rings is 1. The molecule has 1 atom stereocenters. The van der Waals surface area contributed by atoms with Gasteiger partial charge >= 0.3 is 6.03 Å². The molecule has 0 aliphatic heterocycles. The van der Waals surface area contributed by atoms with Crippen molar-refractivity contribution in [2.24, 2.45) is 0 Å². The predicted molar refractivity (Wildman–Crippen MR) is 61.3 cm³/mol. The van der Waals surface area contributed by atoms with E-state index < -0.39 is 11.8 Å². The number of hydrogen-bond acceptors (Lipinski definition) is 3. The van der Waals surface area contributed by atoms with Gasteiger partial charge in [0, 0.05) is 0 Å². The van der Waals surface area contributed by atoms with Crippen LogP contribution in [0.3, 0.4) is 0 Å². The summed E-state index contributed by atoms with van der Waals surface area (Å²) in [5.41, 5.74) is 2.08. The normalized spacial score (nSPS) is 17.6. The van der Waals surface area contributed by atoms with Crippen LogP contribution in [0.15, 0.2) is 36.4 Å². The molecule has 0 bridgehead atoms. The third kappa shape index (κ3) is 2.98. The number of carbonyl (C=O) groups is 1. The van der Waals surface area contributed by atoms with E-state index in [1.165, 1.54) is 24.3 Å². The van der Waals surface area contributed by atoms with E-state index in [0.717, 1.165) is 6.42 Å². The van der Waals surface area contributed by atoms with Gasteiger partial charge in [-0.2, -0.15) is 10.5 Å². The highest BCUT2D eigenvalue weighted by atomic mass is 19.1. The Morgan fingerprint density at radius 3 is 2.78 bits per heavy atom. The lowest BCUT2D eigenvalue weighted by molar-refractivity contribution is -0.0729. The molecule has 0 radical (unpaired) electrons. The first-order valence-electron chi connectivity index (χ1n) is 5.54. The highest BCUT2D eigenvalue weighted by Crippen LogP contribution is 2.15. The minimum absolute atomic E-state index is 0.278.